The molecule has 99 heavy (non-hydrogen) atoms. The highest BCUT2D eigenvalue weighted by molar-refractivity contribution is 7.19. The number of aromatic amines is 1. The van der Waals surface area contributed by atoms with Crippen molar-refractivity contribution >= 4 is 124 Å². The van der Waals surface area contributed by atoms with Gasteiger partial charge >= 0.3 is 0 Å². The van der Waals surface area contributed by atoms with Crippen molar-refractivity contribution in [1.82, 2.24) is 50.7 Å². The molecule has 1 aliphatic carbocycles. The SMILES string of the molecule is C=C1NCCC(c2ccc(Cl)cc2)c2sc(-c3ccncc3)nc21.C=C1NCCC(c2ccc(Cl)cc2)c2sc(N3CCOCC3)nc21.CN1CCC(c2ccc(Cl)cc2)c2nc(N3CCOCC3)sc2C1=O.Clc1ccc(C2CCc3cn[nH]c3-c3sc(N4CCOCC4)nc32)cc1. The van der Waals surface area contributed by atoms with E-state index in [0.717, 1.165) is 214 Å². The fraction of sp³-hybridized carbons (Fsp3) is 0.338. The van der Waals surface area contributed by atoms with Crippen LogP contribution in [-0.2, 0) is 20.6 Å². The van der Waals surface area contributed by atoms with E-state index in [1.165, 1.54) is 48.2 Å². The maximum absolute atomic E-state index is 12.8. The molecule has 1 amide bonds. The molecule has 6 aromatic heterocycles. The zero-order chi connectivity index (χ0) is 67.9. The lowest BCUT2D eigenvalue weighted by molar-refractivity contribution is 0.0804. The summed E-state index contributed by atoms with van der Waals surface area (Å²) in [6, 6.07) is 36.4. The summed E-state index contributed by atoms with van der Waals surface area (Å²) in [5.41, 5.74) is 14.4. The molecule has 12 heterocycles. The minimum Gasteiger partial charge on any atom is -0.384 e. The van der Waals surface area contributed by atoms with Gasteiger partial charge in [0, 0.05) is 137 Å². The van der Waals surface area contributed by atoms with E-state index >= 15 is 0 Å². The fourth-order valence-corrected chi connectivity index (χ4v) is 18.8. The van der Waals surface area contributed by atoms with Gasteiger partial charge in [0.25, 0.3) is 5.91 Å². The van der Waals surface area contributed by atoms with Gasteiger partial charge in [0.15, 0.2) is 15.4 Å². The Morgan fingerprint density at radius 3 is 1.40 bits per heavy atom. The summed E-state index contributed by atoms with van der Waals surface area (Å²) < 4.78 is 16.4. The first-order valence-corrected chi connectivity index (χ1v) is 38.2. The van der Waals surface area contributed by atoms with Crippen LogP contribution < -0.4 is 25.3 Å². The number of aryl methyl sites for hydroxylation is 1. The van der Waals surface area contributed by atoms with E-state index < -0.39 is 0 Å². The molecule has 17 nitrogen and oxygen atoms in total. The number of ether oxygens (including phenoxy) is 3. The largest absolute Gasteiger partial charge is 0.384 e. The Labute approximate surface area is 612 Å². The maximum Gasteiger partial charge on any atom is 0.265 e. The number of H-pyrrole nitrogens is 1. The lowest BCUT2D eigenvalue weighted by Crippen LogP contribution is -2.36. The first kappa shape index (κ1) is 68.9. The summed E-state index contributed by atoms with van der Waals surface area (Å²) in [5.74, 6) is 1.10. The molecule has 4 unspecified atom stereocenters. The van der Waals surface area contributed by atoms with Gasteiger partial charge in [-0.2, -0.15) is 5.10 Å². The number of carbonyl (C=O) groups is 1. The third-order valence-electron chi connectivity index (χ3n) is 18.8. The molecule has 25 heteroatoms. The van der Waals surface area contributed by atoms with E-state index in [1.807, 2.05) is 86.0 Å². The number of anilines is 3. The van der Waals surface area contributed by atoms with Crippen LogP contribution >= 0.6 is 91.8 Å². The van der Waals surface area contributed by atoms with Gasteiger partial charge in [0.05, 0.1) is 79.2 Å². The van der Waals surface area contributed by atoms with E-state index in [-0.39, 0.29) is 17.7 Å². The van der Waals surface area contributed by atoms with Crippen LogP contribution in [0.2, 0.25) is 20.1 Å². The Balaban J connectivity index is 0.000000113. The molecule has 3 N–H and O–H groups in total. The number of amides is 1. The van der Waals surface area contributed by atoms with Gasteiger partial charge in [0.1, 0.15) is 21.3 Å². The molecule has 17 rings (SSSR count). The molecule has 3 saturated heterocycles. The molecule has 3 fully saturated rings. The predicted molar refractivity (Wildman–Crippen MR) is 405 cm³/mol. The zero-order valence-corrected chi connectivity index (χ0v) is 61.0. The first-order chi connectivity index (χ1) is 48.4. The van der Waals surface area contributed by atoms with Crippen molar-refractivity contribution in [3.63, 3.8) is 0 Å². The van der Waals surface area contributed by atoms with Crippen LogP contribution in [0.1, 0.15) is 119 Å². The average molecular weight is 1480 g/mol. The Bertz CT molecular complexity index is 4420. The molecule has 0 bridgehead atoms. The third-order valence-corrected chi connectivity index (χ3v) is 24.5. The highest BCUT2D eigenvalue weighted by atomic mass is 35.5. The molecule has 0 spiro atoms. The number of thiazole rings is 4. The van der Waals surface area contributed by atoms with Crippen molar-refractivity contribution in [3.8, 4) is 21.1 Å². The smallest absolute Gasteiger partial charge is 0.265 e. The topological polar surface area (TPSA) is 175 Å². The second kappa shape index (κ2) is 31.7. The minimum atomic E-state index is 0.0727. The fourth-order valence-electron chi connectivity index (χ4n) is 13.4. The summed E-state index contributed by atoms with van der Waals surface area (Å²) in [6.07, 6.45) is 10.5. The van der Waals surface area contributed by atoms with Crippen molar-refractivity contribution in [2.75, 3.05) is 120 Å². The normalized spacial score (nSPS) is 19.8. The molecule has 512 valence electrons. The molecule has 10 aromatic rings. The number of halogens is 4. The molecule has 0 saturated carbocycles. The maximum atomic E-state index is 12.8. The van der Waals surface area contributed by atoms with Crippen LogP contribution in [0.15, 0.2) is 141 Å². The van der Waals surface area contributed by atoms with E-state index in [2.05, 4.69) is 90.1 Å². The number of hydrogen-bond donors (Lipinski definition) is 3. The molecular formula is C74H75Cl4N13O4S4. The Morgan fingerprint density at radius 1 is 0.485 bits per heavy atom. The van der Waals surface area contributed by atoms with Crippen molar-refractivity contribution in [2.24, 2.45) is 0 Å². The van der Waals surface area contributed by atoms with Crippen molar-refractivity contribution in [1.29, 1.82) is 0 Å². The second-order valence-corrected chi connectivity index (χ2v) is 30.8. The van der Waals surface area contributed by atoms with E-state index in [1.54, 1.807) is 51.3 Å². The number of fused-ring (bicyclic) bond motifs is 6. The third kappa shape index (κ3) is 15.8. The number of nitrogens with zero attached hydrogens (tertiary/aromatic N) is 10. The minimum absolute atomic E-state index is 0.0727. The van der Waals surface area contributed by atoms with Gasteiger partial charge < -0.3 is 44.4 Å². The summed E-state index contributed by atoms with van der Waals surface area (Å²) >= 11 is 31.1. The summed E-state index contributed by atoms with van der Waals surface area (Å²) in [6.45, 7) is 20.6. The molecule has 4 atom stereocenters. The van der Waals surface area contributed by atoms with Gasteiger partial charge in [-0.05, 0) is 121 Å². The van der Waals surface area contributed by atoms with Gasteiger partial charge in [0.2, 0.25) is 0 Å². The van der Waals surface area contributed by atoms with E-state index in [0.29, 0.717) is 25.0 Å². The van der Waals surface area contributed by atoms with Gasteiger partial charge in [-0.1, -0.05) is 131 Å². The van der Waals surface area contributed by atoms with Crippen LogP contribution in [0.5, 0.6) is 0 Å². The standard InChI is InChI=1S/C19H19ClN4OS.C19H16ClN3S.C18H20ClN3O2S.C18H20ClN3OS/c20-14-4-1-12(2-5-14)15-6-3-13-11-21-23-16(13)18-17(15)22-19(26-18)24-7-9-25-10-8-24;1-12-17-18(24-19(23-17)14-6-9-21-10-7-14)16(8-11-22-12)13-2-4-15(20)5-3-13;1-21-7-6-14(12-2-4-13(19)5-3-12)15-16(17(21)23)25-18(20-15)22-8-10-24-11-9-22;1-12-16-17(24-18(21-16)22-8-10-23-11-9-22)15(6-7-20-12)13-2-4-14(19)5-3-13/h1-2,4-5,11,15H,3,6-10H2,(H,21,23);2-7,9-10,16,22H,1,8,11H2;2-5,14H,6-11H2,1H3;2-5,15,20H,1,6-11H2. The average Bonchev–Trinajstić information content (AvgIpc) is 1.57. The molecule has 6 aliphatic heterocycles. The molecule has 0 radical (unpaired) electrons. The predicted octanol–water partition coefficient (Wildman–Crippen LogP) is 16.0. The van der Waals surface area contributed by atoms with E-state index in [9.17, 15) is 4.79 Å². The lowest BCUT2D eigenvalue weighted by Gasteiger charge is -2.26. The number of rotatable bonds is 8. The van der Waals surface area contributed by atoms with Crippen LogP contribution in [-0.4, -0.2) is 152 Å². The van der Waals surface area contributed by atoms with Crippen LogP contribution in [0.4, 0.5) is 15.4 Å². The van der Waals surface area contributed by atoms with Crippen LogP contribution in [0.3, 0.4) is 0 Å². The summed E-state index contributed by atoms with van der Waals surface area (Å²) in [4.78, 5) is 49.9. The Kier molecular flexibility index (Phi) is 22.1. The van der Waals surface area contributed by atoms with Gasteiger partial charge in [-0.3, -0.25) is 14.9 Å². The second-order valence-electron chi connectivity index (χ2n) is 25.0. The zero-order valence-electron chi connectivity index (χ0n) is 54.7. The number of morpholine rings is 3. The van der Waals surface area contributed by atoms with Crippen molar-refractivity contribution in [3.05, 3.63) is 226 Å². The number of carbonyl (C=O) groups excluding carboxylic acids is 1. The molecular weight excluding hydrogens is 1400 g/mol. The number of hydrogen-bond acceptors (Lipinski definition) is 19. The van der Waals surface area contributed by atoms with Gasteiger partial charge in [-0.15, -0.1) is 22.7 Å². The highest BCUT2D eigenvalue weighted by Crippen LogP contribution is 2.47. The summed E-state index contributed by atoms with van der Waals surface area (Å²) in [7, 11) is 1.87. The highest BCUT2D eigenvalue weighted by Gasteiger charge is 2.35. The summed E-state index contributed by atoms with van der Waals surface area (Å²) in [5, 5.41) is 21.4. The van der Waals surface area contributed by atoms with Gasteiger partial charge in [-0.25, -0.2) is 19.9 Å². The Morgan fingerprint density at radius 2 is 0.909 bits per heavy atom. The molecule has 7 aliphatic rings. The van der Waals surface area contributed by atoms with Crippen molar-refractivity contribution < 1.29 is 19.0 Å². The van der Waals surface area contributed by atoms with Crippen LogP contribution in [0.25, 0.3) is 32.5 Å². The van der Waals surface area contributed by atoms with E-state index in [4.69, 9.17) is 80.6 Å². The number of aromatic nitrogens is 7. The van der Waals surface area contributed by atoms with Crippen molar-refractivity contribution in [2.45, 2.75) is 55.8 Å². The molecule has 4 aromatic carbocycles. The monoisotopic (exact) mass is 1480 g/mol. The number of benzene rings is 4. The lowest BCUT2D eigenvalue weighted by atomic mass is 9.91. The number of pyridine rings is 1. The number of nitrogens with one attached hydrogen (secondary N) is 3. The first-order valence-electron chi connectivity index (χ1n) is 33.4. The Hall–Kier alpha value is -7.25. The van der Waals surface area contributed by atoms with Crippen LogP contribution in [0, 0.1) is 0 Å². The quantitative estimate of drug-likeness (QED) is 0.131.